The van der Waals surface area contributed by atoms with Crippen LogP contribution in [0.4, 0.5) is 13.2 Å². The molecule has 0 radical (unpaired) electrons. The topological polar surface area (TPSA) is 81.6 Å². The number of aromatic nitrogens is 1. The molecule has 2 heterocycles. The van der Waals surface area contributed by atoms with Crippen molar-refractivity contribution in [3.63, 3.8) is 0 Å². The van der Waals surface area contributed by atoms with Crippen molar-refractivity contribution in [3.05, 3.63) is 65.5 Å². The first-order chi connectivity index (χ1) is 15.3. The molecule has 172 valence electrons. The number of alkyl halides is 3. The van der Waals surface area contributed by atoms with E-state index in [1.165, 1.54) is 18.3 Å². The Morgan fingerprint density at radius 1 is 1.19 bits per heavy atom. The highest BCUT2D eigenvalue weighted by Crippen LogP contribution is 2.29. The average molecular weight is 448 g/mol. The lowest BCUT2D eigenvalue weighted by molar-refractivity contribution is -0.137. The van der Waals surface area contributed by atoms with Crippen molar-refractivity contribution in [2.24, 2.45) is 4.99 Å². The molecule has 1 fully saturated rings. The molecule has 1 aliphatic rings. The van der Waals surface area contributed by atoms with Crippen molar-refractivity contribution in [1.29, 1.82) is 0 Å². The minimum atomic E-state index is -4.31. The third kappa shape index (κ3) is 6.94. The lowest BCUT2D eigenvalue weighted by Gasteiger charge is -2.19. The number of hydrogen-bond acceptors (Lipinski definition) is 4. The van der Waals surface area contributed by atoms with Gasteiger partial charge < -0.3 is 16.0 Å². The van der Waals surface area contributed by atoms with Gasteiger partial charge in [0.2, 0.25) is 0 Å². The van der Waals surface area contributed by atoms with Gasteiger partial charge in [0.05, 0.1) is 11.1 Å². The summed E-state index contributed by atoms with van der Waals surface area (Å²) in [5, 5.41) is 9.34. The molecule has 0 spiro atoms. The van der Waals surface area contributed by atoms with Crippen LogP contribution in [0, 0.1) is 0 Å². The Balaban J connectivity index is 1.37. The number of hydrogen-bond donors (Lipinski definition) is 3. The molecule has 0 saturated carbocycles. The zero-order valence-electron chi connectivity index (χ0n) is 17.8. The summed E-state index contributed by atoms with van der Waals surface area (Å²) in [5.74, 6) is 0.458. The summed E-state index contributed by atoms with van der Waals surface area (Å²) in [6.45, 7) is 3.14. The van der Waals surface area contributed by atoms with Crippen LogP contribution in [-0.2, 0) is 12.7 Å². The van der Waals surface area contributed by atoms with Gasteiger partial charge in [-0.1, -0.05) is 12.1 Å². The predicted molar refractivity (Wildman–Crippen MR) is 116 cm³/mol. The number of rotatable bonds is 7. The number of aliphatic imine (C=N–C) groups is 1. The molecule has 1 aromatic heterocycles. The van der Waals surface area contributed by atoms with E-state index in [0.29, 0.717) is 31.2 Å². The Hall–Kier alpha value is -3.14. The highest BCUT2D eigenvalue weighted by Gasteiger charge is 2.30. The Morgan fingerprint density at radius 2 is 1.94 bits per heavy atom. The number of pyridine rings is 1. The summed E-state index contributed by atoms with van der Waals surface area (Å²) in [7, 11) is 1.68. The highest BCUT2D eigenvalue weighted by molar-refractivity contribution is 5.93. The maximum absolute atomic E-state index is 12.7. The molecule has 1 aromatic carbocycles. The zero-order chi connectivity index (χ0) is 23.0. The SMILES string of the molecule is CN=C(NCCNC(=O)c1cccnc1)NC1CCN(Cc2ccc(C(F)(F)F)cc2)C1. The number of nitrogens with one attached hydrogen (secondary N) is 3. The second-order valence-electron chi connectivity index (χ2n) is 7.56. The first-order valence-corrected chi connectivity index (χ1v) is 10.4. The predicted octanol–water partition coefficient (Wildman–Crippen LogP) is 2.27. The fourth-order valence-electron chi connectivity index (χ4n) is 3.50. The summed E-state index contributed by atoms with van der Waals surface area (Å²) in [4.78, 5) is 22.3. The maximum atomic E-state index is 12.7. The van der Waals surface area contributed by atoms with E-state index in [1.807, 2.05) is 0 Å². The van der Waals surface area contributed by atoms with Gasteiger partial charge in [-0.05, 0) is 36.2 Å². The van der Waals surface area contributed by atoms with Crippen molar-refractivity contribution >= 4 is 11.9 Å². The molecule has 3 rings (SSSR count). The smallest absolute Gasteiger partial charge is 0.355 e. The molecule has 1 amide bonds. The van der Waals surface area contributed by atoms with E-state index < -0.39 is 11.7 Å². The van der Waals surface area contributed by atoms with Gasteiger partial charge in [-0.2, -0.15) is 13.2 Å². The van der Waals surface area contributed by atoms with Crippen LogP contribution in [0.15, 0.2) is 53.8 Å². The quantitative estimate of drug-likeness (QED) is 0.344. The fourth-order valence-corrected chi connectivity index (χ4v) is 3.50. The minimum Gasteiger partial charge on any atom is -0.355 e. The summed E-state index contributed by atoms with van der Waals surface area (Å²) in [5.41, 5.74) is 0.730. The minimum absolute atomic E-state index is 0.181. The molecule has 1 saturated heterocycles. The Kier molecular flexibility index (Phi) is 8.04. The normalized spacial score (nSPS) is 17.2. The molecule has 3 N–H and O–H groups in total. The summed E-state index contributed by atoms with van der Waals surface area (Å²) in [6.07, 6.45) is -0.286. The first-order valence-electron chi connectivity index (χ1n) is 10.4. The van der Waals surface area contributed by atoms with Gasteiger partial charge in [-0.3, -0.25) is 19.7 Å². The number of guanidine groups is 1. The molecular formula is C22H27F3N6O. The molecule has 1 unspecified atom stereocenters. The van der Waals surface area contributed by atoms with Crippen molar-refractivity contribution in [3.8, 4) is 0 Å². The average Bonchev–Trinajstić information content (AvgIpc) is 3.22. The van der Waals surface area contributed by atoms with Crippen LogP contribution < -0.4 is 16.0 Å². The number of halogens is 3. The van der Waals surface area contributed by atoms with Crippen molar-refractivity contribution in [1.82, 2.24) is 25.8 Å². The van der Waals surface area contributed by atoms with Gasteiger partial charge >= 0.3 is 6.18 Å². The number of benzene rings is 1. The molecule has 10 heteroatoms. The molecule has 0 aliphatic carbocycles. The summed E-state index contributed by atoms with van der Waals surface area (Å²) < 4.78 is 38.1. The second kappa shape index (κ2) is 10.9. The molecule has 0 bridgehead atoms. The maximum Gasteiger partial charge on any atom is 0.416 e. The molecule has 2 aromatic rings. The van der Waals surface area contributed by atoms with Gasteiger partial charge in [0.25, 0.3) is 5.91 Å². The third-order valence-corrected chi connectivity index (χ3v) is 5.15. The molecule has 1 atom stereocenters. The second-order valence-corrected chi connectivity index (χ2v) is 7.56. The standard InChI is InChI=1S/C22H27F3N6O/c1-26-21(29-11-10-28-20(32)17-3-2-9-27-13-17)30-19-8-12-31(15-19)14-16-4-6-18(7-5-16)22(23,24)25/h2-7,9,13,19H,8,10-12,14-15H2,1H3,(H,28,32)(H2,26,29,30). The van der Waals surface area contributed by atoms with Gasteiger partial charge in [-0.15, -0.1) is 0 Å². The number of nitrogens with zero attached hydrogens (tertiary/aromatic N) is 3. The number of carbonyl (C=O) groups is 1. The Labute approximate surface area is 185 Å². The Bertz CT molecular complexity index is 902. The lowest BCUT2D eigenvalue weighted by Crippen LogP contribution is -2.46. The lowest BCUT2D eigenvalue weighted by atomic mass is 10.1. The number of amides is 1. The van der Waals surface area contributed by atoms with Gasteiger partial charge in [-0.25, -0.2) is 0 Å². The first kappa shape index (κ1) is 23.5. The van der Waals surface area contributed by atoms with E-state index in [-0.39, 0.29) is 11.9 Å². The summed E-state index contributed by atoms with van der Waals surface area (Å²) in [6, 6.07) is 8.91. The monoisotopic (exact) mass is 448 g/mol. The largest absolute Gasteiger partial charge is 0.416 e. The molecule has 32 heavy (non-hydrogen) atoms. The van der Waals surface area contributed by atoms with Crippen LogP contribution in [0.3, 0.4) is 0 Å². The van der Waals surface area contributed by atoms with E-state index in [0.717, 1.165) is 37.2 Å². The van der Waals surface area contributed by atoms with Gasteiger partial charge in [0.15, 0.2) is 5.96 Å². The van der Waals surface area contributed by atoms with E-state index >= 15 is 0 Å². The highest BCUT2D eigenvalue weighted by atomic mass is 19.4. The van der Waals surface area contributed by atoms with Crippen molar-refractivity contribution in [2.75, 3.05) is 33.2 Å². The van der Waals surface area contributed by atoms with Crippen LogP contribution >= 0.6 is 0 Å². The van der Waals surface area contributed by atoms with E-state index in [1.54, 1.807) is 25.4 Å². The van der Waals surface area contributed by atoms with Crippen LogP contribution in [0.5, 0.6) is 0 Å². The van der Waals surface area contributed by atoms with Crippen molar-refractivity contribution < 1.29 is 18.0 Å². The van der Waals surface area contributed by atoms with Crippen molar-refractivity contribution in [2.45, 2.75) is 25.2 Å². The molecule has 1 aliphatic heterocycles. The van der Waals surface area contributed by atoms with E-state index in [4.69, 9.17) is 0 Å². The molecule has 7 nitrogen and oxygen atoms in total. The van der Waals surface area contributed by atoms with Crippen LogP contribution in [-0.4, -0.2) is 61.0 Å². The van der Waals surface area contributed by atoms with Crippen LogP contribution in [0.25, 0.3) is 0 Å². The number of likely N-dealkylation sites (tertiary alicyclic amines) is 1. The number of carbonyl (C=O) groups excluding carboxylic acids is 1. The Morgan fingerprint density at radius 3 is 2.59 bits per heavy atom. The van der Waals surface area contributed by atoms with Gasteiger partial charge in [0.1, 0.15) is 0 Å². The summed E-state index contributed by atoms with van der Waals surface area (Å²) >= 11 is 0. The van der Waals surface area contributed by atoms with Crippen LogP contribution in [0.2, 0.25) is 0 Å². The zero-order valence-corrected chi connectivity index (χ0v) is 17.8. The fraction of sp³-hybridized carbons (Fsp3) is 0.409. The third-order valence-electron chi connectivity index (χ3n) is 5.15. The van der Waals surface area contributed by atoms with E-state index in [9.17, 15) is 18.0 Å². The van der Waals surface area contributed by atoms with E-state index in [2.05, 4.69) is 30.8 Å². The van der Waals surface area contributed by atoms with Gasteiger partial charge in [0, 0.05) is 58.2 Å². The molecular weight excluding hydrogens is 421 g/mol. The van der Waals surface area contributed by atoms with Crippen LogP contribution in [0.1, 0.15) is 27.9 Å².